The minimum absolute atomic E-state index is 0.0405. The molecular weight excluding hydrogens is 386 g/mol. The Morgan fingerprint density at radius 2 is 1.68 bits per heavy atom. The van der Waals surface area contributed by atoms with Gasteiger partial charge in [-0.05, 0) is 54.5 Å². The van der Waals surface area contributed by atoms with E-state index in [9.17, 15) is 9.59 Å². The smallest absolute Gasteiger partial charge is 0.254 e. The Labute approximate surface area is 181 Å². The molecule has 5 rings (SSSR count). The van der Waals surface area contributed by atoms with Gasteiger partial charge < -0.3 is 10.6 Å². The zero-order valence-corrected chi connectivity index (χ0v) is 17.4. The highest BCUT2D eigenvalue weighted by atomic mass is 16.2. The average molecular weight is 412 g/mol. The molecule has 2 aromatic carbocycles. The maximum absolute atomic E-state index is 13.7. The quantitative estimate of drug-likeness (QED) is 0.706. The first-order chi connectivity index (χ1) is 15.1. The fourth-order valence-electron chi connectivity index (χ4n) is 4.80. The molecule has 1 fully saturated rings. The number of benzene rings is 2. The van der Waals surface area contributed by atoms with Gasteiger partial charge in [0.25, 0.3) is 5.91 Å². The summed E-state index contributed by atoms with van der Waals surface area (Å²) < 4.78 is 0. The lowest BCUT2D eigenvalue weighted by Gasteiger charge is -2.31. The molecule has 0 atom stereocenters. The van der Waals surface area contributed by atoms with Crippen LogP contribution in [0.25, 0.3) is 22.6 Å². The van der Waals surface area contributed by atoms with Gasteiger partial charge in [-0.3, -0.25) is 9.59 Å². The predicted octanol–water partition coefficient (Wildman–Crippen LogP) is 4.06. The fraction of sp³-hybridized carbons (Fsp3) is 0.269. The third-order valence-corrected chi connectivity index (χ3v) is 6.48. The molecule has 0 unspecified atom stereocenters. The molecule has 1 aromatic heterocycles. The van der Waals surface area contributed by atoms with Crippen LogP contribution in [0.15, 0.2) is 54.6 Å². The second-order valence-electron chi connectivity index (χ2n) is 8.38. The first kappa shape index (κ1) is 19.5. The fourth-order valence-corrected chi connectivity index (χ4v) is 4.80. The molecule has 2 aliphatic rings. The Morgan fingerprint density at radius 3 is 2.42 bits per heavy atom. The molecule has 1 saturated heterocycles. The van der Waals surface area contributed by atoms with Gasteiger partial charge in [0, 0.05) is 24.4 Å². The molecule has 5 nitrogen and oxygen atoms in total. The van der Waals surface area contributed by atoms with E-state index in [0.717, 1.165) is 46.1 Å². The van der Waals surface area contributed by atoms with Gasteiger partial charge >= 0.3 is 0 Å². The number of amides is 2. The Kier molecular flexibility index (Phi) is 5.02. The number of hydrogen-bond donors (Lipinski definition) is 1. The van der Waals surface area contributed by atoms with Crippen LogP contribution >= 0.6 is 0 Å². The normalized spacial score (nSPS) is 17.8. The van der Waals surface area contributed by atoms with Crippen molar-refractivity contribution in [3.8, 4) is 0 Å². The third kappa shape index (κ3) is 3.61. The molecule has 5 heteroatoms. The van der Waals surface area contributed by atoms with Gasteiger partial charge in [0.15, 0.2) is 0 Å². The maximum atomic E-state index is 13.7. The maximum Gasteiger partial charge on any atom is 0.254 e. The summed E-state index contributed by atoms with van der Waals surface area (Å²) in [6.45, 7) is 1.12. The summed E-state index contributed by atoms with van der Waals surface area (Å²) in [7, 11) is 0. The topological polar surface area (TPSA) is 76.3 Å². The molecule has 2 amide bonds. The average Bonchev–Trinajstić information content (AvgIpc) is 3.19. The Balaban J connectivity index is 1.57. The number of rotatable bonds is 3. The van der Waals surface area contributed by atoms with Gasteiger partial charge in [0.1, 0.15) is 0 Å². The molecule has 0 saturated carbocycles. The van der Waals surface area contributed by atoms with Crippen LogP contribution in [-0.4, -0.2) is 34.8 Å². The van der Waals surface area contributed by atoms with E-state index in [1.54, 1.807) is 0 Å². The number of nitrogens with zero attached hydrogens (tertiary/aromatic N) is 2. The van der Waals surface area contributed by atoms with Crippen LogP contribution in [0.5, 0.6) is 0 Å². The van der Waals surface area contributed by atoms with Crippen LogP contribution in [0.4, 0.5) is 0 Å². The van der Waals surface area contributed by atoms with Crippen molar-refractivity contribution in [2.75, 3.05) is 13.1 Å². The van der Waals surface area contributed by atoms with Crippen molar-refractivity contribution < 1.29 is 9.59 Å². The zero-order chi connectivity index (χ0) is 21.4. The number of hydrogen-bond acceptors (Lipinski definition) is 3. The first-order valence-electron chi connectivity index (χ1n) is 10.9. The summed E-state index contributed by atoms with van der Waals surface area (Å²) in [6.07, 6.45) is 5.12. The lowest BCUT2D eigenvalue weighted by atomic mass is 9.94. The largest absolute Gasteiger partial charge is 0.369 e. The van der Waals surface area contributed by atoms with Crippen LogP contribution < -0.4 is 5.73 Å². The zero-order valence-electron chi connectivity index (χ0n) is 17.4. The van der Waals surface area contributed by atoms with Crippen molar-refractivity contribution in [3.05, 3.63) is 77.0 Å². The van der Waals surface area contributed by atoms with Gasteiger partial charge in [-0.1, -0.05) is 48.5 Å². The van der Waals surface area contributed by atoms with Crippen molar-refractivity contribution >= 4 is 34.4 Å². The van der Waals surface area contributed by atoms with E-state index in [0.29, 0.717) is 25.9 Å². The lowest BCUT2D eigenvalue weighted by Crippen LogP contribution is -2.42. The number of carbonyl (C=O) groups is 2. The molecule has 1 aliphatic carbocycles. The highest BCUT2D eigenvalue weighted by Gasteiger charge is 2.31. The summed E-state index contributed by atoms with van der Waals surface area (Å²) in [5.41, 5.74) is 11.4. The summed E-state index contributed by atoms with van der Waals surface area (Å²) in [6, 6.07) is 18.1. The van der Waals surface area contributed by atoms with Crippen molar-refractivity contribution in [2.45, 2.75) is 25.7 Å². The number of fused-ring (bicyclic) bond motifs is 2. The Morgan fingerprint density at radius 1 is 0.968 bits per heavy atom. The lowest BCUT2D eigenvalue weighted by molar-refractivity contribution is -0.123. The molecule has 0 radical (unpaired) electrons. The minimum atomic E-state index is -0.266. The SMILES string of the molecule is NC(=O)C1CCN(C(=O)c2c3c(nc4ccccc24)C(=Cc2ccccc2)CC3)CC1. The number of piperidine rings is 1. The molecule has 0 bridgehead atoms. The van der Waals surface area contributed by atoms with Gasteiger partial charge in [0.2, 0.25) is 5.91 Å². The molecule has 31 heavy (non-hydrogen) atoms. The van der Waals surface area contributed by atoms with Crippen molar-refractivity contribution in [1.82, 2.24) is 9.88 Å². The van der Waals surface area contributed by atoms with Crippen molar-refractivity contribution in [3.63, 3.8) is 0 Å². The summed E-state index contributed by atoms with van der Waals surface area (Å²) in [5.74, 6) is -0.360. The number of carbonyl (C=O) groups excluding carboxylic acids is 2. The van der Waals surface area contributed by atoms with Gasteiger partial charge in [-0.2, -0.15) is 0 Å². The number of nitrogens with two attached hydrogens (primary N) is 1. The van der Waals surface area contributed by atoms with Crippen LogP contribution in [0, 0.1) is 5.92 Å². The highest BCUT2D eigenvalue weighted by molar-refractivity contribution is 6.09. The Bertz CT molecular complexity index is 1190. The van der Waals surface area contributed by atoms with E-state index >= 15 is 0 Å². The molecule has 2 N–H and O–H groups in total. The van der Waals surface area contributed by atoms with Crippen LogP contribution in [0.2, 0.25) is 0 Å². The second-order valence-corrected chi connectivity index (χ2v) is 8.38. The van der Waals surface area contributed by atoms with Gasteiger partial charge in [0.05, 0.1) is 16.8 Å². The number of pyridine rings is 1. The number of primary amides is 1. The minimum Gasteiger partial charge on any atom is -0.369 e. The van der Waals surface area contributed by atoms with E-state index in [1.165, 1.54) is 5.57 Å². The van der Waals surface area contributed by atoms with E-state index in [4.69, 9.17) is 10.7 Å². The highest BCUT2D eigenvalue weighted by Crippen LogP contribution is 2.38. The first-order valence-corrected chi connectivity index (χ1v) is 10.9. The van der Waals surface area contributed by atoms with Gasteiger partial charge in [-0.15, -0.1) is 0 Å². The van der Waals surface area contributed by atoms with E-state index in [1.807, 2.05) is 47.4 Å². The Hall–Kier alpha value is -3.47. The number of likely N-dealkylation sites (tertiary alicyclic amines) is 1. The third-order valence-electron chi connectivity index (χ3n) is 6.48. The summed E-state index contributed by atoms with van der Waals surface area (Å²) in [4.78, 5) is 32.0. The number of allylic oxidation sites excluding steroid dienone is 1. The molecule has 3 aromatic rings. The van der Waals surface area contributed by atoms with E-state index < -0.39 is 0 Å². The van der Waals surface area contributed by atoms with Gasteiger partial charge in [-0.25, -0.2) is 4.98 Å². The van der Waals surface area contributed by atoms with Crippen molar-refractivity contribution in [1.29, 1.82) is 0 Å². The molecule has 156 valence electrons. The number of aromatic nitrogens is 1. The predicted molar refractivity (Wildman–Crippen MR) is 122 cm³/mol. The molecule has 0 spiro atoms. The standard InChI is InChI=1S/C26H25N3O2/c27-25(30)18-12-14-29(15-13-18)26(31)23-20-8-4-5-9-22(20)28-24-19(10-11-21(23)24)16-17-6-2-1-3-7-17/h1-9,16,18H,10-15H2,(H2,27,30). The second kappa shape index (κ2) is 7.99. The van der Waals surface area contributed by atoms with E-state index in [2.05, 4.69) is 18.2 Å². The molecule has 1 aliphatic heterocycles. The van der Waals surface area contributed by atoms with Crippen molar-refractivity contribution in [2.24, 2.45) is 11.7 Å². The monoisotopic (exact) mass is 411 g/mol. The summed E-state index contributed by atoms with van der Waals surface area (Å²) >= 11 is 0. The molecule has 2 heterocycles. The van der Waals surface area contributed by atoms with Crippen LogP contribution in [0.3, 0.4) is 0 Å². The number of para-hydroxylation sites is 1. The van der Waals surface area contributed by atoms with Crippen LogP contribution in [-0.2, 0) is 11.2 Å². The van der Waals surface area contributed by atoms with Crippen LogP contribution in [0.1, 0.15) is 46.4 Å². The van der Waals surface area contributed by atoms with E-state index in [-0.39, 0.29) is 17.7 Å². The summed E-state index contributed by atoms with van der Waals surface area (Å²) in [5, 5.41) is 0.907. The molecular formula is C26H25N3O2.